The second-order valence-corrected chi connectivity index (χ2v) is 11.0. The molecule has 12 heteroatoms. The number of halogens is 2. The second kappa shape index (κ2) is 15.1. The maximum Gasteiger partial charge on any atom is 0.407 e. The summed E-state index contributed by atoms with van der Waals surface area (Å²) >= 11 is 12.3. The maximum atomic E-state index is 14.1. The number of amides is 2. The molecule has 0 spiro atoms. The minimum Gasteiger partial charge on any atom is -0.481 e. The molecule has 0 aliphatic carbocycles. The van der Waals surface area contributed by atoms with Gasteiger partial charge in [-0.25, -0.2) is 4.79 Å². The molecule has 0 aliphatic heterocycles. The largest absolute Gasteiger partial charge is 0.481 e. The molecule has 0 saturated carbocycles. The minimum atomic E-state index is -1.05. The van der Waals surface area contributed by atoms with E-state index < -0.39 is 29.3 Å². The van der Waals surface area contributed by atoms with E-state index in [1.807, 2.05) is 30.3 Å². The number of ether oxygens (including phenoxy) is 4. The standard InChI is InChI=1S/C30H34Cl2N2O8/c1-30(2,3)42-29(37)33-13-14-34(17-20-11-12-21(31)22(32)15-20)27(36)26-25(40-18-19-9-7-6-8-10-19)23(35)16-24(41-26)28(38-4)39-5/h6-12,15-16,28H,13-14,17-18H2,1-5H3,(H,33,37). The first-order valence-electron chi connectivity index (χ1n) is 13.0. The van der Waals surface area contributed by atoms with Crippen LogP contribution in [0.2, 0.25) is 10.0 Å². The molecule has 0 unspecified atom stereocenters. The number of carbonyl (C=O) groups is 2. The van der Waals surface area contributed by atoms with E-state index in [0.717, 1.165) is 11.6 Å². The van der Waals surface area contributed by atoms with Crippen LogP contribution in [0.15, 0.2) is 63.8 Å². The van der Waals surface area contributed by atoms with Crippen molar-refractivity contribution >= 4 is 35.2 Å². The molecular weight excluding hydrogens is 587 g/mol. The van der Waals surface area contributed by atoms with E-state index in [1.165, 1.54) is 19.1 Å². The van der Waals surface area contributed by atoms with Crippen molar-refractivity contribution in [3.63, 3.8) is 0 Å². The average molecular weight is 622 g/mol. The van der Waals surface area contributed by atoms with Crippen molar-refractivity contribution in [1.82, 2.24) is 10.2 Å². The number of alkyl carbamates (subject to hydrolysis) is 1. The zero-order valence-corrected chi connectivity index (χ0v) is 25.6. The van der Waals surface area contributed by atoms with Crippen LogP contribution in [0.4, 0.5) is 4.79 Å². The van der Waals surface area contributed by atoms with Gasteiger partial charge >= 0.3 is 6.09 Å². The van der Waals surface area contributed by atoms with Crippen molar-refractivity contribution in [2.75, 3.05) is 27.3 Å². The number of nitrogens with zero attached hydrogens (tertiary/aromatic N) is 1. The Hall–Kier alpha value is -3.57. The van der Waals surface area contributed by atoms with Crippen LogP contribution in [-0.4, -0.2) is 49.8 Å². The van der Waals surface area contributed by atoms with Crippen molar-refractivity contribution in [2.45, 2.75) is 45.8 Å². The highest BCUT2D eigenvalue weighted by atomic mass is 35.5. The third-order valence-corrected chi connectivity index (χ3v) is 6.44. The summed E-state index contributed by atoms with van der Waals surface area (Å²) in [5, 5.41) is 3.29. The van der Waals surface area contributed by atoms with Crippen LogP contribution >= 0.6 is 23.2 Å². The summed E-state index contributed by atoms with van der Waals surface area (Å²) in [6.07, 6.45) is -1.70. The van der Waals surface area contributed by atoms with Crippen LogP contribution in [-0.2, 0) is 27.4 Å². The van der Waals surface area contributed by atoms with Gasteiger partial charge in [0.25, 0.3) is 5.91 Å². The molecule has 10 nitrogen and oxygen atoms in total. The molecule has 1 aromatic heterocycles. The molecule has 42 heavy (non-hydrogen) atoms. The molecule has 226 valence electrons. The Balaban J connectivity index is 1.99. The SMILES string of the molecule is COC(OC)c1cc(=O)c(OCc2ccccc2)c(C(=O)N(CCNC(=O)OC(C)(C)C)Cc2ccc(Cl)c(Cl)c2)o1. The molecule has 0 radical (unpaired) electrons. The van der Waals surface area contributed by atoms with Crippen molar-refractivity contribution in [3.05, 3.63) is 97.5 Å². The Kier molecular flexibility index (Phi) is 11.8. The van der Waals surface area contributed by atoms with E-state index in [9.17, 15) is 14.4 Å². The molecule has 0 bridgehead atoms. The van der Waals surface area contributed by atoms with Crippen molar-refractivity contribution < 1.29 is 33.0 Å². The Morgan fingerprint density at radius 2 is 1.67 bits per heavy atom. The Morgan fingerprint density at radius 1 is 0.976 bits per heavy atom. The topological polar surface area (TPSA) is 117 Å². The summed E-state index contributed by atoms with van der Waals surface area (Å²) in [5.41, 5.74) is 0.122. The third-order valence-electron chi connectivity index (χ3n) is 5.70. The molecule has 0 aliphatic rings. The van der Waals surface area contributed by atoms with Gasteiger partial charge in [-0.3, -0.25) is 9.59 Å². The van der Waals surface area contributed by atoms with Crippen LogP contribution in [0, 0.1) is 0 Å². The lowest BCUT2D eigenvalue weighted by atomic mass is 10.2. The molecule has 1 N–H and O–H groups in total. The number of hydrogen-bond acceptors (Lipinski definition) is 8. The maximum absolute atomic E-state index is 14.1. The van der Waals surface area contributed by atoms with Crippen molar-refractivity contribution in [1.29, 1.82) is 0 Å². The number of benzene rings is 2. The van der Waals surface area contributed by atoms with Gasteiger partial charge in [-0.2, -0.15) is 0 Å². The van der Waals surface area contributed by atoms with E-state index >= 15 is 0 Å². The molecule has 3 aromatic rings. The van der Waals surface area contributed by atoms with Gasteiger partial charge < -0.3 is 33.6 Å². The predicted molar refractivity (Wildman–Crippen MR) is 158 cm³/mol. The lowest BCUT2D eigenvalue weighted by Crippen LogP contribution is -2.40. The van der Waals surface area contributed by atoms with Crippen LogP contribution < -0.4 is 15.5 Å². The summed E-state index contributed by atoms with van der Waals surface area (Å²) in [7, 11) is 2.74. The summed E-state index contributed by atoms with van der Waals surface area (Å²) in [5.74, 6) is -1.34. The fourth-order valence-corrected chi connectivity index (χ4v) is 4.13. The number of carbonyl (C=O) groups excluding carboxylic acids is 2. The van der Waals surface area contributed by atoms with Gasteiger partial charge in [0, 0.05) is 39.9 Å². The van der Waals surface area contributed by atoms with E-state index in [1.54, 1.807) is 39.0 Å². The monoisotopic (exact) mass is 620 g/mol. The Morgan fingerprint density at radius 3 is 2.29 bits per heavy atom. The zero-order chi connectivity index (χ0) is 30.9. The molecule has 0 atom stereocenters. The normalized spacial score (nSPS) is 11.3. The highest BCUT2D eigenvalue weighted by molar-refractivity contribution is 6.42. The number of methoxy groups -OCH3 is 2. The van der Waals surface area contributed by atoms with Crippen LogP contribution in [0.25, 0.3) is 0 Å². The summed E-state index contributed by atoms with van der Waals surface area (Å²) in [6.45, 7) is 5.32. The molecule has 1 heterocycles. The lowest BCUT2D eigenvalue weighted by molar-refractivity contribution is -0.119. The Bertz CT molecular complexity index is 1420. The molecule has 3 rings (SSSR count). The van der Waals surface area contributed by atoms with E-state index in [-0.39, 0.29) is 43.5 Å². The highest BCUT2D eigenvalue weighted by Crippen LogP contribution is 2.27. The van der Waals surface area contributed by atoms with Gasteiger partial charge in [-0.1, -0.05) is 59.6 Å². The smallest absolute Gasteiger partial charge is 0.407 e. The molecule has 2 amide bonds. The summed E-state index contributed by atoms with van der Waals surface area (Å²) in [6, 6.07) is 15.2. The highest BCUT2D eigenvalue weighted by Gasteiger charge is 2.28. The van der Waals surface area contributed by atoms with Gasteiger partial charge in [-0.15, -0.1) is 0 Å². The number of hydrogen-bond donors (Lipinski definition) is 1. The van der Waals surface area contributed by atoms with Crippen LogP contribution in [0.1, 0.15) is 54.5 Å². The number of rotatable bonds is 12. The van der Waals surface area contributed by atoms with Gasteiger partial charge in [0.2, 0.25) is 23.2 Å². The molecule has 0 saturated heterocycles. The second-order valence-electron chi connectivity index (χ2n) is 10.2. The molecular formula is C30H34Cl2N2O8. The van der Waals surface area contributed by atoms with E-state index in [0.29, 0.717) is 15.6 Å². The lowest BCUT2D eigenvalue weighted by Gasteiger charge is -2.25. The zero-order valence-electron chi connectivity index (χ0n) is 24.1. The summed E-state index contributed by atoms with van der Waals surface area (Å²) < 4.78 is 27.5. The summed E-state index contributed by atoms with van der Waals surface area (Å²) in [4.78, 5) is 40.9. The fraction of sp³-hybridized carbons (Fsp3) is 0.367. The first-order valence-corrected chi connectivity index (χ1v) is 13.8. The van der Waals surface area contributed by atoms with Crippen molar-refractivity contribution in [3.8, 4) is 5.75 Å². The van der Waals surface area contributed by atoms with Gasteiger partial charge in [0.1, 0.15) is 12.2 Å². The quantitative estimate of drug-likeness (QED) is 0.246. The molecule has 2 aromatic carbocycles. The first-order chi connectivity index (χ1) is 19.9. The van der Waals surface area contributed by atoms with Crippen molar-refractivity contribution in [2.24, 2.45) is 0 Å². The van der Waals surface area contributed by atoms with Gasteiger partial charge in [-0.05, 0) is 44.0 Å². The van der Waals surface area contributed by atoms with Gasteiger partial charge in [0.05, 0.1) is 10.0 Å². The van der Waals surface area contributed by atoms with Gasteiger partial charge in [0.15, 0.2) is 5.76 Å². The predicted octanol–water partition coefficient (Wildman–Crippen LogP) is 5.98. The van der Waals surface area contributed by atoms with Crippen LogP contribution in [0.3, 0.4) is 0 Å². The molecule has 0 fully saturated rings. The Labute approximate surface area is 254 Å². The minimum absolute atomic E-state index is 0.0101. The third kappa shape index (κ3) is 9.49. The number of nitrogens with one attached hydrogen (secondary N) is 1. The van der Waals surface area contributed by atoms with E-state index in [2.05, 4.69) is 5.32 Å². The fourth-order valence-electron chi connectivity index (χ4n) is 3.81. The van der Waals surface area contributed by atoms with Crippen LogP contribution in [0.5, 0.6) is 5.75 Å². The first kappa shape index (κ1) is 32.9. The van der Waals surface area contributed by atoms with E-state index in [4.69, 9.17) is 46.6 Å². The average Bonchev–Trinajstić information content (AvgIpc) is 2.93.